The molecule has 1 saturated carbocycles. The van der Waals surface area contributed by atoms with Crippen molar-refractivity contribution < 1.29 is 4.74 Å². The summed E-state index contributed by atoms with van der Waals surface area (Å²) in [6.45, 7) is 1.79. The van der Waals surface area contributed by atoms with E-state index < -0.39 is 0 Å². The second-order valence-electron chi connectivity index (χ2n) is 3.24. The Bertz CT molecular complexity index is 95.3. The van der Waals surface area contributed by atoms with Crippen molar-refractivity contribution in [3.63, 3.8) is 0 Å². The first-order valence-electron chi connectivity index (χ1n) is 4.05. The minimum atomic E-state index is 0.778. The van der Waals surface area contributed by atoms with Gasteiger partial charge < -0.3 is 10.5 Å². The lowest BCUT2D eigenvalue weighted by Gasteiger charge is -2.07. The van der Waals surface area contributed by atoms with Crippen molar-refractivity contribution in [2.24, 2.45) is 17.6 Å². The average Bonchev–Trinajstić information content (AvgIpc) is 2.37. The Morgan fingerprint density at radius 3 is 2.60 bits per heavy atom. The van der Waals surface area contributed by atoms with Crippen LogP contribution in [0.3, 0.4) is 0 Å². The maximum atomic E-state index is 5.55. The Hall–Kier alpha value is -0.0800. The second-order valence-corrected chi connectivity index (χ2v) is 3.24. The Labute approximate surface area is 62.7 Å². The molecule has 60 valence electrons. The normalized spacial score (nSPS) is 33.0. The molecule has 1 aliphatic carbocycles. The Kier molecular flexibility index (Phi) is 3.16. The Morgan fingerprint density at radius 1 is 1.40 bits per heavy atom. The highest BCUT2D eigenvalue weighted by Crippen LogP contribution is 2.29. The third-order valence-electron chi connectivity index (χ3n) is 2.39. The summed E-state index contributed by atoms with van der Waals surface area (Å²) in [4.78, 5) is 0. The molecular weight excluding hydrogens is 126 g/mol. The average molecular weight is 143 g/mol. The van der Waals surface area contributed by atoms with E-state index in [1.807, 2.05) is 0 Å². The van der Waals surface area contributed by atoms with E-state index in [2.05, 4.69) is 0 Å². The van der Waals surface area contributed by atoms with Gasteiger partial charge in [-0.05, 0) is 37.6 Å². The lowest BCUT2D eigenvalue weighted by atomic mass is 10.1. The van der Waals surface area contributed by atoms with Gasteiger partial charge in [0.2, 0.25) is 0 Å². The molecule has 2 atom stereocenters. The SMILES string of the molecule is COCC1CCC(CN)C1. The summed E-state index contributed by atoms with van der Waals surface area (Å²) in [5.41, 5.74) is 5.55. The first-order chi connectivity index (χ1) is 4.86. The van der Waals surface area contributed by atoms with E-state index in [1.165, 1.54) is 19.3 Å². The van der Waals surface area contributed by atoms with Crippen LogP contribution < -0.4 is 5.73 Å². The maximum Gasteiger partial charge on any atom is 0.0490 e. The summed E-state index contributed by atoms with van der Waals surface area (Å²) in [5.74, 6) is 1.57. The molecule has 2 heteroatoms. The predicted molar refractivity (Wildman–Crippen MR) is 41.8 cm³/mol. The quantitative estimate of drug-likeness (QED) is 0.640. The highest BCUT2D eigenvalue weighted by molar-refractivity contribution is 4.75. The molecule has 0 amide bonds. The summed E-state index contributed by atoms with van der Waals surface area (Å²) >= 11 is 0. The molecule has 0 aliphatic heterocycles. The minimum absolute atomic E-state index is 0.778. The third-order valence-corrected chi connectivity index (χ3v) is 2.39. The van der Waals surface area contributed by atoms with Crippen LogP contribution in [0.2, 0.25) is 0 Å². The third kappa shape index (κ3) is 1.96. The van der Waals surface area contributed by atoms with E-state index in [9.17, 15) is 0 Å². The molecule has 0 heterocycles. The number of methoxy groups -OCH3 is 1. The van der Waals surface area contributed by atoms with Gasteiger partial charge in [0.25, 0.3) is 0 Å². The van der Waals surface area contributed by atoms with Crippen LogP contribution in [-0.4, -0.2) is 20.3 Å². The van der Waals surface area contributed by atoms with E-state index in [1.54, 1.807) is 7.11 Å². The Morgan fingerprint density at radius 2 is 2.10 bits per heavy atom. The molecule has 0 aromatic heterocycles. The second kappa shape index (κ2) is 3.94. The Balaban J connectivity index is 2.15. The first kappa shape index (κ1) is 8.02. The fraction of sp³-hybridized carbons (Fsp3) is 1.00. The van der Waals surface area contributed by atoms with Gasteiger partial charge in [-0.25, -0.2) is 0 Å². The van der Waals surface area contributed by atoms with Crippen molar-refractivity contribution in [3.05, 3.63) is 0 Å². The van der Waals surface area contributed by atoms with Crippen molar-refractivity contribution in [1.82, 2.24) is 0 Å². The van der Waals surface area contributed by atoms with Crippen LogP contribution in [0.15, 0.2) is 0 Å². The topological polar surface area (TPSA) is 35.2 Å². The van der Waals surface area contributed by atoms with Gasteiger partial charge in [-0.15, -0.1) is 0 Å². The molecule has 0 bridgehead atoms. The number of nitrogens with two attached hydrogens (primary N) is 1. The molecule has 1 fully saturated rings. The van der Waals surface area contributed by atoms with Crippen LogP contribution in [-0.2, 0) is 4.74 Å². The molecule has 2 N–H and O–H groups in total. The van der Waals surface area contributed by atoms with Gasteiger partial charge in [0.05, 0.1) is 0 Å². The fourth-order valence-corrected chi connectivity index (χ4v) is 1.78. The zero-order valence-corrected chi connectivity index (χ0v) is 6.68. The molecule has 2 unspecified atom stereocenters. The zero-order valence-electron chi connectivity index (χ0n) is 6.68. The van der Waals surface area contributed by atoms with Crippen molar-refractivity contribution in [1.29, 1.82) is 0 Å². The van der Waals surface area contributed by atoms with E-state index in [-0.39, 0.29) is 0 Å². The van der Waals surface area contributed by atoms with Crippen molar-refractivity contribution in [2.75, 3.05) is 20.3 Å². The van der Waals surface area contributed by atoms with Crippen molar-refractivity contribution in [3.8, 4) is 0 Å². The van der Waals surface area contributed by atoms with Gasteiger partial charge in [0, 0.05) is 13.7 Å². The van der Waals surface area contributed by atoms with Gasteiger partial charge in [0.15, 0.2) is 0 Å². The summed E-state index contributed by atoms with van der Waals surface area (Å²) < 4.78 is 5.08. The van der Waals surface area contributed by atoms with Gasteiger partial charge in [0.1, 0.15) is 0 Å². The fourth-order valence-electron chi connectivity index (χ4n) is 1.78. The highest BCUT2D eigenvalue weighted by atomic mass is 16.5. The highest BCUT2D eigenvalue weighted by Gasteiger charge is 2.22. The van der Waals surface area contributed by atoms with E-state index in [0.717, 1.165) is 25.0 Å². The standard InChI is InChI=1S/C8H17NO/c1-10-6-8-3-2-7(4-8)5-9/h7-8H,2-6,9H2,1H3. The molecule has 1 rings (SSSR count). The minimum Gasteiger partial charge on any atom is -0.384 e. The summed E-state index contributed by atoms with van der Waals surface area (Å²) in [6, 6.07) is 0. The molecule has 10 heavy (non-hydrogen) atoms. The van der Waals surface area contributed by atoms with E-state index in [4.69, 9.17) is 10.5 Å². The number of hydrogen-bond acceptors (Lipinski definition) is 2. The number of rotatable bonds is 3. The van der Waals surface area contributed by atoms with Gasteiger partial charge in [-0.3, -0.25) is 0 Å². The molecule has 0 aromatic rings. The molecule has 0 aromatic carbocycles. The predicted octanol–water partition coefficient (Wildman–Crippen LogP) is 1.01. The molecule has 0 radical (unpaired) electrons. The summed E-state index contributed by atoms with van der Waals surface area (Å²) in [7, 11) is 1.77. The van der Waals surface area contributed by atoms with Gasteiger partial charge in [-0.1, -0.05) is 0 Å². The van der Waals surface area contributed by atoms with Crippen LogP contribution in [0.25, 0.3) is 0 Å². The summed E-state index contributed by atoms with van der Waals surface area (Å²) in [6.07, 6.45) is 3.91. The van der Waals surface area contributed by atoms with E-state index in [0.29, 0.717) is 0 Å². The molecule has 0 spiro atoms. The largest absolute Gasteiger partial charge is 0.384 e. The van der Waals surface area contributed by atoms with Crippen LogP contribution in [0.4, 0.5) is 0 Å². The van der Waals surface area contributed by atoms with E-state index >= 15 is 0 Å². The zero-order chi connectivity index (χ0) is 7.40. The van der Waals surface area contributed by atoms with Gasteiger partial charge in [-0.2, -0.15) is 0 Å². The summed E-state index contributed by atoms with van der Waals surface area (Å²) in [5, 5.41) is 0. The van der Waals surface area contributed by atoms with Crippen molar-refractivity contribution >= 4 is 0 Å². The maximum absolute atomic E-state index is 5.55. The molecule has 1 aliphatic rings. The van der Waals surface area contributed by atoms with Gasteiger partial charge >= 0.3 is 0 Å². The monoisotopic (exact) mass is 143 g/mol. The number of ether oxygens (including phenoxy) is 1. The lowest BCUT2D eigenvalue weighted by Crippen LogP contribution is -2.11. The first-order valence-corrected chi connectivity index (χ1v) is 4.05. The molecular formula is C8H17NO. The molecule has 2 nitrogen and oxygen atoms in total. The number of hydrogen-bond donors (Lipinski definition) is 1. The van der Waals surface area contributed by atoms with Crippen LogP contribution in [0.5, 0.6) is 0 Å². The van der Waals surface area contributed by atoms with Crippen LogP contribution >= 0.6 is 0 Å². The van der Waals surface area contributed by atoms with Crippen LogP contribution in [0, 0.1) is 11.8 Å². The molecule has 0 saturated heterocycles. The smallest absolute Gasteiger partial charge is 0.0490 e. The van der Waals surface area contributed by atoms with Crippen molar-refractivity contribution in [2.45, 2.75) is 19.3 Å². The lowest BCUT2D eigenvalue weighted by molar-refractivity contribution is 0.153. The van der Waals surface area contributed by atoms with Crippen LogP contribution in [0.1, 0.15) is 19.3 Å².